The van der Waals surface area contributed by atoms with E-state index in [1.807, 2.05) is 78.9 Å². The quantitative estimate of drug-likeness (QED) is 0.139. The van der Waals surface area contributed by atoms with Gasteiger partial charge in [0.15, 0.2) is 0 Å². The molecule has 0 fully saturated rings. The lowest BCUT2D eigenvalue weighted by atomic mass is 9.93. The molecule has 3 atom stereocenters. The molecule has 0 bridgehead atoms. The van der Waals surface area contributed by atoms with Crippen LogP contribution in [0.25, 0.3) is 11.1 Å². The Hall–Kier alpha value is -5.86. The normalized spacial score (nSPS) is 16.3. The lowest BCUT2D eigenvalue weighted by Crippen LogP contribution is -2.53. The Morgan fingerprint density at radius 2 is 1.61 bits per heavy atom. The molecule has 0 saturated carbocycles. The molecule has 0 aliphatic carbocycles. The van der Waals surface area contributed by atoms with Crippen LogP contribution in [0.3, 0.4) is 0 Å². The molecule has 2 N–H and O–H groups in total. The number of rotatable bonds is 10. The zero-order chi connectivity index (χ0) is 39.3. The second-order valence-corrected chi connectivity index (χ2v) is 14.6. The second kappa shape index (κ2) is 16.9. The van der Waals surface area contributed by atoms with Gasteiger partial charge in [-0.2, -0.15) is 5.26 Å². The number of carbonyl (C=O) groups excluding carboxylic acids is 3. The van der Waals surface area contributed by atoms with Crippen molar-refractivity contribution in [2.24, 2.45) is 0 Å². The van der Waals surface area contributed by atoms with Gasteiger partial charge in [0, 0.05) is 19.9 Å². The zero-order valence-electron chi connectivity index (χ0n) is 30.7. The first-order valence-corrected chi connectivity index (χ1v) is 18.8. The predicted molar refractivity (Wildman–Crippen MR) is 214 cm³/mol. The van der Waals surface area contributed by atoms with Crippen LogP contribution >= 0.6 is 23.2 Å². The second-order valence-electron chi connectivity index (χ2n) is 13.7. The van der Waals surface area contributed by atoms with E-state index in [-0.39, 0.29) is 18.2 Å². The maximum atomic E-state index is 13.6. The van der Waals surface area contributed by atoms with Gasteiger partial charge in [0.2, 0.25) is 11.8 Å². The molecule has 2 aliphatic heterocycles. The first-order chi connectivity index (χ1) is 27.1. The maximum absolute atomic E-state index is 13.6. The highest BCUT2D eigenvalue weighted by atomic mass is 35.5. The molecule has 2 aliphatic rings. The fourth-order valence-corrected chi connectivity index (χ4v) is 7.26. The topological polar surface area (TPSA) is 130 Å². The largest absolute Gasteiger partial charge is 0.489 e. The van der Waals surface area contributed by atoms with Crippen LogP contribution in [-0.2, 0) is 45.1 Å². The molecule has 0 aromatic heterocycles. The molecule has 5 aromatic rings. The molecule has 2 heterocycles. The van der Waals surface area contributed by atoms with Crippen LogP contribution < -0.4 is 25.0 Å². The minimum Gasteiger partial charge on any atom is -0.489 e. The number of esters is 1. The van der Waals surface area contributed by atoms with Gasteiger partial charge in [0.05, 0.1) is 47.1 Å². The van der Waals surface area contributed by atoms with E-state index in [4.69, 9.17) is 42.7 Å². The Balaban J connectivity index is 1.00. The van der Waals surface area contributed by atoms with Gasteiger partial charge in [-0.3, -0.25) is 9.59 Å². The van der Waals surface area contributed by atoms with Crippen LogP contribution in [0.15, 0.2) is 103 Å². The summed E-state index contributed by atoms with van der Waals surface area (Å²) in [6, 6.07) is 32.4. The fraction of sp³-hybridized carbons (Fsp3) is 0.227. The maximum Gasteiger partial charge on any atom is 0.328 e. The molecule has 7 rings (SSSR count). The highest BCUT2D eigenvalue weighted by Crippen LogP contribution is 2.41. The highest BCUT2D eigenvalue weighted by molar-refractivity contribution is 6.42. The number of nitrogens with one attached hydrogen (secondary N) is 2. The first-order valence-electron chi connectivity index (χ1n) is 18.1. The molecule has 12 heteroatoms. The number of ether oxygens (including phenoxy) is 3. The average Bonchev–Trinajstić information content (AvgIpc) is 3.22. The predicted octanol–water partition coefficient (Wildman–Crippen LogP) is 7.51. The van der Waals surface area contributed by atoms with Gasteiger partial charge in [-0.1, -0.05) is 77.8 Å². The minimum absolute atomic E-state index is 0.129. The molecule has 1 unspecified atom stereocenters. The summed E-state index contributed by atoms with van der Waals surface area (Å²) in [6.07, 6.45) is 0.176. The lowest BCUT2D eigenvalue weighted by molar-refractivity contribution is -0.145. The number of halogens is 2. The summed E-state index contributed by atoms with van der Waals surface area (Å²) in [4.78, 5) is 41.2. The van der Waals surface area contributed by atoms with Crippen molar-refractivity contribution in [2.45, 2.75) is 51.1 Å². The average molecular weight is 790 g/mol. The summed E-state index contributed by atoms with van der Waals surface area (Å²) in [6.45, 7) is 2.55. The molecular weight excluding hydrogens is 751 g/mol. The van der Waals surface area contributed by atoms with Gasteiger partial charge in [-0.15, -0.1) is 0 Å². The minimum atomic E-state index is -0.901. The third-order valence-electron chi connectivity index (χ3n) is 10.0. The SMILES string of the molecule is COC(=O)[C@H](Cc1ccc(-c2ccc(C#N)cc2)cc1)NC(=O)C1Cc2cc3c(cc2CN1)O[C@@H](c1ccc(OCc2ccc(Cl)c(Cl)c2)cc1)CN3C(C)=O. The van der Waals surface area contributed by atoms with Crippen molar-refractivity contribution < 1.29 is 28.6 Å². The fourth-order valence-electron chi connectivity index (χ4n) is 6.94. The first kappa shape index (κ1) is 38.4. The number of nitrogens with zero attached hydrogens (tertiary/aromatic N) is 2. The van der Waals surface area contributed by atoms with Crippen molar-refractivity contribution in [3.05, 3.63) is 147 Å². The molecule has 0 radical (unpaired) electrons. The third-order valence-corrected chi connectivity index (χ3v) is 10.8. The van der Waals surface area contributed by atoms with E-state index >= 15 is 0 Å². The van der Waals surface area contributed by atoms with Gasteiger partial charge < -0.3 is 29.7 Å². The summed E-state index contributed by atoms with van der Waals surface area (Å²) in [5.74, 6) is 0.244. The van der Waals surface area contributed by atoms with Gasteiger partial charge in [0.25, 0.3) is 0 Å². The molecule has 10 nitrogen and oxygen atoms in total. The smallest absolute Gasteiger partial charge is 0.328 e. The summed E-state index contributed by atoms with van der Waals surface area (Å²) < 4.78 is 17.5. The van der Waals surface area contributed by atoms with Gasteiger partial charge in [0.1, 0.15) is 30.3 Å². The summed E-state index contributed by atoms with van der Waals surface area (Å²) in [7, 11) is 1.30. The summed E-state index contributed by atoms with van der Waals surface area (Å²) >= 11 is 12.2. The van der Waals surface area contributed by atoms with E-state index < -0.39 is 24.2 Å². The number of anilines is 1. The van der Waals surface area contributed by atoms with E-state index in [2.05, 4.69) is 16.7 Å². The van der Waals surface area contributed by atoms with Crippen molar-refractivity contribution in [1.82, 2.24) is 10.6 Å². The third kappa shape index (κ3) is 8.66. The Bertz CT molecular complexity index is 2310. The van der Waals surface area contributed by atoms with E-state index in [1.165, 1.54) is 14.0 Å². The van der Waals surface area contributed by atoms with Crippen molar-refractivity contribution in [2.75, 3.05) is 18.6 Å². The van der Waals surface area contributed by atoms with Crippen LogP contribution in [-0.4, -0.2) is 43.5 Å². The number of benzene rings is 5. The molecular formula is C44H38Cl2N4O6. The molecule has 56 heavy (non-hydrogen) atoms. The number of methoxy groups -OCH3 is 1. The highest BCUT2D eigenvalue weighted by Gasteiger charge is 2.34. The van der Waals surface area contributed by atoms with Gasteiger partial charge >= 0.3 is 5.97 Å². The number of fused-ring (bicyclic) bond motifs is 2. The monoisotopic (exact) mass is 788 g/mol. The molecule has 2 amide bonds. The lowest BCUT2D eigenvalue weighted by Gasteiger charge is -2.36. The van der Waals surface area contributed by atoms with Crippen LogP contribution in [0.1, 0.15) is 46.4 Å². The van der Waals surface area contributed by atoms with Crippen LogP contribution in [0, 0.1) is 11.3 Å². The zero-order valence-corrected chi connectivity index (χ0v) is 32.2. The Labute approximate surface area is 334 Å². The summed E-state index contributed by atoms with van der Waals surface area (Å²) in [5.41, 5.74) is 7.65. The van der Waals surface area contributed by atoms with Gasteiger partial charge in [-0.05, 0) is 93.9 Å². The van der Waals surface area contributed by atoms with E-state index in [1.54, 1.807) is 29.2 Å². The summed E-state index contributed by atoms with van der Waals surface area (Å²) in [5, 5.41) is 16.2. The Morgan fingerprint density at radius 1 is 0.911 bits per heavy atom. The van der Waals surface area contributed by atoms with Crippen molar-refractivity contribution in [1.29, 1.82) is 5.26 Å². The number of nitriles is 1. The standard InChI is InChI=1S/C44H38Cl2N4O6/c1-26(51)50-24-42(32-12-14-35(15-13-32)55-25-29-7-16-36(45)37(46)17-29)56-41-21-34-23-48-38(19-33(34)20-40(41)50)43(52)49-39(44(53)54-2)18-27-3-8-30(9-4-27)31-10-5-28(22-47)6-11-31/h3-17,20-21,38-39,42,48H,18-19,23-25H2,1-2H3,(H,49,52)/t38?,39-,42+/m0/s1. The van der Waals surface area contributed by atoms with Gasteiger partial charge in [-0.25, -0.2) is 4.79 Å². The molecule has 0 saturated heterocycles. The Morgan fingerprint density at radius 3 is 2.27 bits per heavy atom. The molecule has 0 spiro atoms. The number of carbonyl (C=O) groups is 3. The number of hydrogen-bond donors (Lipinski definition) is 2. The van der Waals surface area contributed by atoms with E-state index in [0.29, 0.717) is 58.9 Å². The van der Waals surface area contributed by atoms with E-state index in [9.17, 15) is 14.4 Å². The number of hydrogen-bond acceptors (Lipinski definition) is 8. The van der Waals surface area contributed by atoms with Crippen LogP contribution in [0.5, 0.6) is 11.5 Å². The van der Waals surface area contributed by atoms with Crippen molar-refractivity contribution in [3.8, 4) is 28.7 Å². The van der Waals surface area contributed by atoms with Crippen LogP contribution in [0.2, 0.25) is 10.0 Å². The molecule has 5 aromatic carbocycles. The van der Waals surface area contributed by atoms with Crippen LogP contribution in [0.4, 0.5) is 5.69 Å². The van der Waals surface area contributed by atoms with E-state index in [0.717, 1.165) is 38.9 Å². The Kier molecular flexibility index (Phi) is 11.6. The van der Waals surface area contributed by atoms with Crippen molar-refractivity contribution in [3.63, 3.8) is 0 Å². The molecule has 284 valence electrons. The van der Waals surface area contributed by atoms with Crippen molar-refractivity contribution >= 4 is 46.7 Å². The number of amides is 2.